The van der Waals surface area contributed by atoms with Crippen LogP contribution in [0.5, 0.6) is 5.75 Å². The number of hydrogen-bond donors (Lipinski definition) is 1. The predicted molar refractivity (Wildman–Crippen MR) is 92.4 cm³/mol. The molecule has 1 aliphatic rings. The van der Waals surface area contributed by atoms with Gasteiger partial charge in [0.1, 0.15) is 5.75 Å². The maximum Gasteiger partial charge on any atom is 0.260 e. The summed E-state index contributed by atoms with van der Waals surface area (Å²) in [6.07, 6.45) is 2.15. The first kappa shape index (κ1) is 15.8. The van der Waals surface area contributed by atoms with E-state index in [0.717, 1.165) is 37.2 Å². The van der Waals surface area contributed by atoms with E-state index in [4.69, 9.17) is 10.5 Å². The molecular weight excluding hydrogens is 310 g/mol. The maximum atomic E-state index is 12.2. The monoisotopic (exact) mass is 331 g/mol. The van der Waals surface area contributed by atoms with Crippen LogP contribution in [0.1, 0.15) is 19.8 Å². The van der Waals surface area contributed by atoms with E-state index in [2.05, 4.69) is 11.9 Å². The summed E-state index contributed by atoms with van der Waals surface area (Å²) in [6, 6.07) is 7.59. The van der Waals surface area contributed by atoms with Crippen molar-refractivity contribution in [2.75, 3.05) is 25.4 Å². The molecular formula is C17H21N3O2S. The number of likely N-dealkylation sites (tertiary alicyclic amines) is 1. The summed E-state index contributed by atoms with van der Waals surface area (Å²) in [6.45, 7) is 3.98. The molecule has 1 fully saturated rings. The number of rotatable bonds is 4. The van der Waals surface area contributed by atoms with Crippen molar-refractivity contribution in [3.63, 3.8) is 0 Å². The van der Waals surface area contributed by atoms with Gasteiger partial charge >= 0.3 is 0 Å². The Bertz CT molecular complexity index is 678. The Hall–Kier alpha value is -2.08. The van der Waals surface area contributed by atoms with E-state index in [1.165, 1.54) is 11.3 Å². The van der Waals surface area contributed by atoms with Crippen LogP contribution in [0.4, 0.5) is 5.13 Å². The fraction of sp³-hybridized carbons (Fsp3) is 0.412. The molecule has 2 aromatic rings. The van der Waals surface area contributed by atoms with E-state index in [0.29, 0.717) is 16.8 Å². The first-order valence-electron chi connectivity index (χ1n) is 7.84. The molecule has 23 heavy (non-hydrogen) atoms. The maximum absolute atomic E-state index is 12.2. The first-order valence-corrected chi connectivity index (χ1v) is 8.72. The van der Waals surface area contributed by atoms with Gasteiger partial charge in [0, 0.05) is 24.0 Å². The quantitative estimate of drug-likeness (QED) is 0.935. The van der Waals surface area contributed by atoms with E-state index >= 15 is 0 Å². The third-order valence-corrected chi connectivity index (χ3v) is 4.82. The number of piperidine rings is 1. The van der Waals surface area contributed by atoms with Crippen LogP contribution >= 0.6 is 11.3 Å². The molecule has 2 heterocycles. The number of nitrogens with two attached hydrogens (primary N) is 1. The van der Waals surface area contributed by atoms with Gasteiger partial charge in [0.15, 0.2) is 11.7 Å². The molecule has 1 aliphatic heterocycles. The highest BCUT2D eigenvalue weighted by Gasteiger charge is 2.20. The average Bonchev–Trinajstić information content (AvgIpc) is 3.00. The molecule has 1 amide bonds. The molecule has 0 unspecified atom stereocenters. The van der Waals surface area contributed by atoms with Crippen molar-refractivity contribution in [2.24, 2.45) is 5.92 Å². The number of ether oxygens (including phenoxy) is 1. The Morgan fingerprint density at radius 3 is 2.91 bits per heavy atom. The van der Waals surface area contributed by atoms with Crippen molar-refractivity contribution >= 4 is 22.4 Å². The number of benzene rings is 1. The Morgan fingerprint density at radius 1 is 1.43 bits per heavy atom. The molecule has 0 radical (unpaired) electrons. The van der Waals surface area contributed by atoms with E-state index in [-0.39, 0.29) is 12.5 Å². The summed E-state index contributed by atoms with van der Waals surface area (Å²) in [5.74, 6) is 1.44. The second-order valence-electron chi connectivity index (χ2n) is 5.95. The highest BCUT2D eigenvalue weighted by Crippen LogP contribution is 2.26. The van der Waals surface area contributed by atoms with Gasteiger partial charge < -0.3 is 15.4 Å². The van der Waals surface area contributed by atoms with Gasteiger partial charge in [-0.15, -0.1) is 11.3 Å². The van der Waals surface area contributed by atoms with Gasteiger partial charge in [-0.1, -0.05) is 19.1 Å². The molecule has 1 saturated heterocycles. The minimum Gasteiger partial charge on any atom is -0.484 e. The smallest absolute Gasteiger partial charge is 0.260 e. The van der Waals surface area contributed by atoms with Gasteiger partial charge in [-0.05, 0) is 30.9 Å². The highest BCUT2D eigenvalue weighted by molar-refractivity contribution is 7.13. The lowest BCUT2D eigenvalue weighted by Gasteiger charge is -2.30. The lowest BCUT2D eigenvalue weighted by Crippen LogP contribution is -2.40. The zero-order chi connectivity index (χ0) is 16.2. The Labute approximate surface area is 140 Å². The van der Waals surface area contributed by atoms with Crippen molar-refractivity contribution in [2.45, 2.75) is 19.8 Å². The number of anilines is 1. The number of carbonyl (C=O) groups excluding carboxylic acids is 1. The number of nitrogen functional groups attached to an aromatic ring is 1. The van der Waals surface area contributed by atoms with E-state index in [9.17, 15) is 4.79 Å². The fourth-order valence-corrected chi connectivity index (χ4v) is 3.23. The van der Waals surface area contributed by atoms with Crippen LogP contribution in [-0.4, -0.2) is 35.5 Å². The van der Waals surface area contributed by atoms with Crippen LogP contribution in [0.2, 0.25) is 0 Å². The Morgan fingerprint density at radius 2 is 2.22 bits per heavy atom. The zero-order valence-electron chi connectivity index (χ0n) is 13.2. The lowest BCUT2D eigenvalue weighted by atomic mass is 9.99. The topological polar surface area (TPSA) is 68.5 Å². The second kappa shape index (κ2) is 7.00. The van der Waals surface area contributed by atoms with Crippen LogP contribution in [-0.2, 0) is 4.79 Å². The van der Waals surface area contributed by atoms with Gasteiger partial charge in [-0.2, -0.15) is 0 Å². The van der Waals surface area contributed by atoms with Gasteiger partial charge in [0.05, 0.1) is 5.69 Å². The molecule has 0 aliphatic carbocycles. The fourth-order valence-electron chi connectivity index (χ4n) is 2.66. The Balaban J connectivity index is 1.59. The van der Waals surface area contributed by atoms with Crippen LogP contribution in [0.15, 0.2) is 29.6 Å². The molecule has 2 N–H and O–H groups in total. The normalized spacial score (nSPS) is 15.6. The summed E-state index contributed by atoms with van der Waals surface area (Å²) < 4.78 is 5.67. The predicted octanol–water partition coefficient (Wildman–Crippen LogP) is 3.03. The van der Waals surface area contributed by atoms with Crippen LogP contribution < -0.4 is 10.5 Å². The lowest BCUT2D eigenvalue weighted by molar-refractivity contribution is -0.134. The van der Waals surface area contributed by atoms with E-state index in [1.807, 2.05) is 34.5 Å². The molecule has 0 atom stereocenters. The highest BCUT2D eigenvalue weighted by atomic mass is 32.1. The van der Waals surface area contributed by atoms with Crippen molar-refractivity contribution in [1.29, 1.82) is 0 Å². The summed E-state index contributed by atoms with van der Waals surface area (Å²) in [4.78, 5) is 18.4. The molecule has 0 spiro atoms. The third-order valence-electron chi connectivity index (χ3n) is 4.15. The van der Waals surface area contributed by atoms with Crippen molar-refractivity contribution in [3.8, 4) is 17.0 Å². The number of carbonyl (C=O) groups is 1. The number of nitrogens with zero attached hydrogens (tertiary/aromatic N) is 2. The summed E-state index contributed by atoms with van der Waals surface area (Å²) in [5.41, 5.74) is 7.44. The molecule has 0 saturated carbocycles. The van der Waals surface area contributed by atoms with Gasteiger partial charge in [-0.3, -0.25) is 4.79 Å². The van der Waals surface area contributed by atoms with E-state index in [1.54, 1.807) is 0 Å². The summed E-state index contributed by atoms with van der Waals surface area (Å²) in [5, 5.41) is 2.45. The van der Waals surface area contributed by atoms with Gasteiger partial charge in [0.25, 0.3) is 5.91 Å². The minimum atomic E-state index is 0.0557. The summed E-state index contributed by atoms with van der Waals surface area (Å²) >= 11 is 1.41. The molecule has 6 heteroatoms. The van der Waals surface area contributed by atoms with Gasteiger partial charge in [0.2, 0.25) is 0 Å². The van der Waals surface area contributed by atoms with Gasteiger partial charge in [-0.25, -0.2) is 4.98 Å². The average molecular weight is 331 g/mol. The number of thiazole rings is 1. The van der Waals surface area contributed by atoms with Crippen molar-refractivity contribution in [3.05, 3.63) is 29.6 Å². The van der Waals surface area contributed by atoms with E-state index < -0.39 is 0 Å². The molecule has 5 nitrogen and oxygen atoms in total. The molecule has 122 valence electrons. The third kappa shape index (κ3) is 4.01. The second-order valence-corrected chi connectivity index (χ2v) is 6.84. The molecule has 1 aromatic carbocycles. The van der Waals surface area contributed by atoms with Crippen LogP contribution in [0, 0.1) is 5.92 Å². The molecule has 0 bridgehead atoms. The van der Waals surface area contributed by atoms with Crippen LogP contribution in [0.3, 0.4) is 0 Å². The summed E-state index contributed by atoms with van der Waals surface area (Å²) in [7, 11) is 0. The largest absolute Gasteiger partial charge is 0.484 e. The van der Waals surface area contributed by atoms with Crippen molar-refractivity contribution < 1.29 is 9.53 Å². The molecule has 3 rings (SSSR count). The zero-order valence-corrected chi connectivity index (χ0v) is 14.0. The van der Waals surface area contributed by atoms with Crippen molar-refractivity contribution in [1.82, 2.24) is 9.88 Å². The van der Waals surface area contributed by atoms with Crippen LogP contribution in [0.25, 0.3) is 11.3 Å². The Kier molecular flexibility index (Phi) is 4.81. The SMILES string of the molecule is CC1CCN(C(=O)COc2cccc(-c3csc(N)n3)c2)CC1. The minimum absolute atomic E-state index is 0.0557. The number of hydrogen-bond acceptors (Lipinski definition) is 5. The molecule has 1 aromatic heterocycles. The number of aromatic nitrogens is 1. The first-order chi connectivity index (χ1) is 11.1. The standard InChI is InChI=1S/C17H21N3O2S/c1-12-5-7-20(8-6-12)16(21)10-22-14-4-2-3-13(9-14)15-11-23-17(18)19-15/h2-4,9,11-12H,5-8,10H2,1H3,(H2,18,19). The number of amides is 1.